The molecule has 0 radical (unpaired) electrons. The zero-order valence-corrected chi connectivity index (χ0v) is 11.8. The lowest BCUT2D eigenvalue weighted by molar-refractivity contribution is 0.198. The van der Waals surface area contributed by atoms with E-state index in [2.05, 4.69) is 57.4 Å². The Balaban J connectivity index is 2.84. The predicted octanol–water partition coefficient (Wildman–Crippen LogP) is 4.55. The van der Waals surface area contributed by atoms with Crippen molar-refractivity contribution < 1.29 is 4.43 Å². The maximum absolute atomic E-state index is 6.21. The fraction of sp³-hybridized carbons (Fsp3) is 0.429. The molecule has 1 rings (SSSR count). The van der Waals surface area contributed by atoms with Crippen molar-refractivity contribution in [2.45, 2.75) is 39.1 Å². The summed E-state index contributed by atoms with van der Waals surface area (Å²) < 4.78 is 6.21. The predicted molar refractivity (Wildman–Crippen MR) is 73.0 cm³/mol. The van der Waals surface area contributed by atoms with Crippen molar-refractivity contribution >= 4 is 8.32 Å². The molecule has 0 spiro atoms. The molecule has 0 aliphatic rings. The molecule has 0 N–H and O–H groups in total. The summed E-state index contributed by atoms with van der Waals surface area (Å²) >= 11 is 0. The van der Waals surface area contributed by atoms with Gasteiger partial charge >= 0.3 is 0 Å². The van der Waals surface area contributed by atoms with Crippen LogP contribution in [0.25, 0.3) is 0 Å². The quantitative estimate of drug-likeness (QED) is 0.536. The number of hydrogen-bond acceptors (Lipinski definition) is 1. The summed E-state index contributed by atoms with van der Waals surface area (Å²) in [5.74, 6) is 0. The normalized spacial score (nSPS) is 13.5. The van der Waals surface area contributed by atoms with Crippen LogP contribution in [-0.2, 0) is 4.43 Å². The van der Waals surface area contributed by atoms with Crippen LogP contribution in [0.5, 0.6) is 0 Å². The Labute approximate surface area is 100 Å². The van der Waals surface area contributed by atoms with E-state index in [4.69, 9.17) is 4.43 Å². The zero-order chi connectivity index (χ0) is 12.2. The van der Waals surface area contributed by atoms with Crippen molar-refractivity contribution in [3.05, 3.63) is 48.0 Å². The SMILES string of the molecule is C=C(C)C[C@@H](O[Si](C)(C)C)c1ccccc1. The molecule has 0 saturated heterocycles. The molecule has 0 unspecified atom stereocenters. The largest absolute Gasteiger partial charge is 0.410 e. The van der Waals surface area contributed by atoms with Gasteiger partial charge < -0.3 is 4.43 Å². The van der Waals surface area contributed by atoms with E-state index in [0.29, 0.717) is 0 Å². The average molecular weight is 234 g/mol. The van der Waals surface area contributed by atoms with Crippen LogP contribution in [0, 0.1) is 0 Å². The second kappa shape index (κ2) is 5.46. The van der Waals surface area contributed by atoms with Gasteiger partial charge in [0, 0.05) is 0 Å². The van der Waals surface area contributed by atoms with Crippen LogP contribution in [0.15, 0.2) is 42.5 Å². The average Bonchev–Trinajstić information content (AvgIpc) is 2.15. The lowest BCUT2D eigenvalue weighted by Gasteiger charge is -2.27. The van der Waals surface area contributed by atoms with Gasteiger partial charge in [-0.2, -0.15) is 0 Å². The Morgan fingerprint density at radius 2 is 1.81 bits per heavy atom. The van der Waals surface area contributed by atoms with E-state index in [-0.39, 0.29) is 6.10 Å². The molecule has 0 aliphatic carbocycles. The highest BCUT2D eigenvalue weighted by atomic mass is 28.4. The maximum Gasteiger partial charge on any atom is 0.184 e. The third-order valence-corrected chi connectivity index (χ3v) is 3.19. The number of benzene rings is 1. The number of rotatable bonds is 5. The van der Waals surface area contributed by atoms with Crippen molar-refractivity contribution in [3.63, 3.8) is 0 Å². The van der Waals surface area contributed by atoms with Crippen molar-refractivity contribution in [1.29, 1.82) is 0 Å². The van der Waals surface area contributed by atoms with Gasteiger partial charge in [0.25, 0.3) is 0 Å². The molecule has 0 aromatic heterocycles. The smallest absolute Gasteiger partial charge is 0.184 e. The van der Waals surface area contributed by atoms with Gasteiger partial charge in [-0.25, -0.2) is 0 Å². The molecule has 1 atom stereocenters. The monoisotopic (exact) mass is 234 g/mol. The lowest BCUT2D eigenvalue weighted by atomic mass is 10.0. The first-order valence-corrected chi connectivity index (χ1v) is 9.16. The van der Waals surface area contributed by atoms with Crippen LogP contribution in [-0.4, -0.2) is 8.32 Å². The molecule has 88 valence electrons. The Morgan fingerprint density at radius 3 is 2.25 bits per heavy atom. The summed E-state index contributed by atoms with van der Waals surface area (Å²) in [6, 6.07) is 10.4. The van der Waals surface area contributed by atoms with Crippen molar-refractivity contribution in [2.75, 3.05) is 0 Å². The summed E-state index contributed by atoms with van der Waals surface area (Å²) in [5.41, 5.74) is 2.43. The van der Waals surface area contributed by atoms with Gasteiger partial charge in [-0.1, -0.05) is 35.9 Å². The molecule has 1 nitrogen and oxygen atoms in total. The summed E-state index contributed by atoms with van der Waals surface area (Å²) in [4.78, 5) is 0. The van der Waals surface area contributed by atoms with Crippen molar-refractivity contribution in [1.82, 2.24) is 0 Å². The fourth-order valence-corrected chi connectivity index (χ4v) is 2.71. The first-order valence-electron chi connectivity index (χ1n) is 5.75. The minimum atomic E-state index is -1.51. The summed E-state index contributed by atoms with van der Waals surface area (Å²) in [6.07, 6.45) is 1.08. The molecule has 1 aromatic carbocycles. The fourth-order valence-electron chi connectivity index (χ4n) is 1.64. The molecular weight excluding hydrogens is 212 g/mol. The van der Waals surface area contributed by atoms with Crippen LogP contribution >= 0.6 is 0 Å². The van der Waals surface area contributed by atoms with E-state index in [1.165, 1.54) is 11.1 Å². The Hall–Kier alpha value is -0.863. The summed E-state index contributed by atoms with van der Waals surface area (Å²) in [7, 11) is -1.51. The van der Waals surface area contributed by atoms with Crippen LogP contribution < -0.4 is 0 Å². The number of hydrogen-bond donors (Lipinski definition) is 0. The van der Waals surface area contributed by atoms with Gasteiger partial charge in [-0.15, -0.1) is 6.58 Å². The van der Waals surface area contributed by atoms with E-state index in [1.54, 1.807) is 0 Å². The summed E-state index contributed by atoms with van der Waals surface area (Å²) in [6.45, 7) is 12.7. The molecule has 0 bridgehead atoms. The molecule has 1 aromatic rings. The van der Waals surface area contributed by atoms with Gasteiger partial charge in [0.1, 0.15) is 0 Å². The van der Waals surface area contributed by atoms with E-state index in [1.807, 2.05) is 6.07 Å². The Morgan fingerprint density at radius 1 is 1.25 bits per heavy atom. The van der Waals surface area contributed by atoms with Crippen LogP contribution in [0.3, 0.4) is 0 Å². The molecule has 0 saturated carbocycles. The molecule has 0 amide bonds. The second-order valence-electron chi connectivity index (χ2n) is 5.29. The molecule has 0 heterocycles. The van der Waals surface area contributed by atoms with Crippen molar-refractivity contribution in [2.24, 2.45) is 0 Å². The first-order chi connectivity index (χ1) is 7.38. The first kappa shape index (κ1) is 13.2. The van der Waals surface area contributed by atoms with Crippen LogP contribution in [0.4, 0.5) is 0 Å². The van der Waals surface area contributed by atoms with Gasteiger partial charge in [-0.05, 0) is 38.5 Å². The minimum absolute atomic E-state index is 0.172. The second-order valence-corrected chi connectivity index (χ2v) is 9.75. The molecule has 0 aliphatic heterocycles. The lowest BCUT2D eigenvalue weighted by Crippen LogP contribution is -2.28. The highest BCUT2D eigenvalue weighted by Crippen LogP contribution is 2.27. The molecule has 0 fully saturated rings. The zero-order valence-electron chi connectivity index (χ0n) is 10.8. The maximum atomic E-state index is 6.21. The standard InChI is InChI=1S/C14H22OSi/c1-12(2)11-14(15-16(3,4)5)13-9-7-6-8-10-13/h6-10,14H,1,11H2,2-5H3/t14-/m1/s1. The van der Waals surface area contributed by atoms with E-state index < -0.39 is 8.32 Å². The highest BCUT2D eigenvalue weighted by molar-refractivity contribution is 6.69. The topological polar surface area (TPSA) is 9.23 Å². The van der Waals surface area contributed by atoms with E-state index in [9.17, 15) is 0 Å². The van der Waals surface area contributed by atoms with Crippen LogP contribution in [0.2, 0.25) is 19.6 Å². The Kier molecular flexibility index (Phi) is 4.51. The Bertz CT molecular complexity index is 338. The van der Waals surface area contributed by atoms with Gasteiger partial charge in [-0.3, -0.25) is 0 Å². The van der Waals surface area contributed by atoms with E-state index >= 15 is 0 Å². The molecular formula is C14H22OSi. The van der Waals surface area contributed by atoms with Crippen molar-refractivity contribution in [3.8, 4) is 0 Å². The van der Waals surface area contributed by atoms with E-state index in [0.717, 1.165) is 6.42 Å². The third-order valence-electron chi connectivity index (χ3n) is 2.20. The van der Waals surface area contributed by atoms with Gasteiger partial charge in [0.15, 0.2) is 8.32 Å². The minimum Gasteiger partial charge on any atom is -0.410 e. The summed E-state index contributed by atoms with van der Waals surface area (Å²) in [5, 5.41) is 0. The highest BCUT2D eigenvalue weighted by Gasteiger charge is 2.22. The third kappa shape index (κ3) is 4.77. The molecule has 16 heavy (non-hydrogen) atoms. The van der Waals surface area contributed by atoms with Gasteiger partial charge in [0.05, 0.1) is 6.10 Å². The molecule has 2 heteroatoms. The van der Waals surface area contributed by atoms with Gasteiger partial charge in [0.2, 0.25) is 0 Å². The van der Waals surface area contributed by atoms with Crippen LogP contribution in [0.1, 0.15) is 25.0 Å².